The van der Waals surface area contributed by atoms with Gasteiger partial charge in [0.05, 0.1) is 5.69 Å². The average Bonchev–Trinajstić information content (AvgIpc) is 2.35. The van der Waals surface area contributed by atoms with E-state index < -0.39 is 0 Å². The first kappa shape index (κ1) is 13.5. The highest BCUT2D eigenvalue weighted by atomic mass is 79.9. The Balaban J connectivity index is 2.08. The minimum absolute atomic E-state index is 0.787. The van der Waals surface area contributed by atoms with Crippen molar-refractivity contribution in [1.29, 1.82) is 0 Å². The van der Waals surface area contributed by atoms with Gasteiger partial charge in [0.1, 0.15) is 0 Å². The fraction of sp³-hybridized carbons (Fsp3) is 0.308. The summed E-state index contributed by atoms with van der Waals surface area (Å²) in [5, 5.41) is 0.820. The Kier molecular flexibility index (Phi) is 4.35. The van der Waals surface area contributed by atoms with Gasteiger partial charge >= 0.3 is 0 Å². The summed E-state index contributed by atoms with van der Waals surface area (Å²) in [6.07, 6.45) is 1.81. The van der Waals surface area contributed by atoms with Crippen LogP contribution in [-0.2, 0) is 5.75 Å². The van der Waals surface area contributed by atoms with E-state index >= 15 is 0 Å². The van der Waals surface area contributed by atoms with E-state index in [1.54, 1.807) is 11.8 Å². The molecule has 0 aliphatic heterocycles. The average molecular weight is 324 g/mol. The smallest absolute Gasteiger partial charge is 0.188 e. The molecule has 0 atom stereocenters. The standard InChI is InChI=1S/C13H14BrN3S/c1-8-9(2)16-13(17-10(8)3)18-7-12-5-4-11(14)6-15-12/h4-6H,7H2,1-3H3. The molecule has 0 aliphatic rings. The molecule has 0 saturated heterocycles. The van der Waals surface area contributed by atoms with E-state index in [1.165, 1.54) is 5.56 Å². The Labute approximate surface area is 120 Å². The Morgan fingerprint density at radius 1 is 1.11 bits per heavy atom. The predicted molar refractivity (Wildman–Crippen MR) is 77.7 cm³/mol. The SMILES string of the molecule is Cc1nc(SCc2ccc(Br)cn2)nc(C)c1C. The lowest BCUT2D eigenvalue weighted by molar-refractivity contribution is 0.880. The summed E-state index contributed by atoms with van der Waals surface area (Å²) in [6, 6.07) is 4.00. The van der Waals surface area contributed by atoms with Gasteiger partial charge in [-0.2, -0.15) is 0 Å². The van der Waals surface area contributed by atoms with Gasteiger partial charge in [-0.3, -0.25) is 4.98 Å². The fourth-order valence-corrected chi connectivity index (χ4v) is 2.52. The van der Waals surface area contributed by atoms with Crippen LogP contribution in [0, 0.1) is 20.8 Å². The number of rotatable bonds is 3. The van der Waals surface area contributed by atoms with Crippen molar-refractivity contribution in [1.82, 2.24) is 15.0 Å². The molecule has 0 radical (unpaired) electrons. The van der Waals surface area contributed by atoms with Crippen molar-refractivity contribution in [3.63, 3.8) is 0 Å². The van der Waals surface area contributed by atoms with Crippen LogP contribution >= 0.6 is 27.7 Å². The summed E-state index contributed by atoms with van der Waals surface area (Å²) in [5.41, 5.74) is 4.30. The first-order chi connectivity index (χ1) is 8.56. The third kappa shape index (κ3) is 3.29. The van der Waals surface area contributed by atoms with Gasteiger partial charge in [-0.15, -0.1) is 0 Å². The topological polar surface area (TPSA) is 38.7 Å². The van der Waals surface area contributed by atoms with Crippen LogP contribution in [-0.4, -0.2) is 15.0 Å². The lowest BCUT2D eigenvalue weighted by atomic mass is 10.2. The molecule has 0 fully saturated rings. The highest BCUT2D eigenvalue weighted by Crippen LogP contribution is 2.21. The molecule has 0 aliphatic carbocycles. The summed E-state index contributed by atoms with van der Waals surface area (Å²) in [6.45, 7) is 6.09. The zero-order valence-electron chi connectivity index (χ0n) is 10.6. The summed E-state index contributed by atoms with van der Waals surface area (Å²) in [4.78, 5) is 13.3. The van der Waals surface area contributed by atoms with Crippen molar-refractivity contribution in [2.24, 2.45) is 0 Å². The van der Waals surface area contributed by atoms with E-state index in [1.807, 2.05) is 32.2 Å². The molecule has 0 saturated carbocycles. The summed E-state index contributed by atoms with van der Waals surface area (Å²) in [5.74, 6) is 0.787. The molecule has 2 aromatic heterocycles. The zero-order chi connectivity index (χ0) is 13.1. The lowest BCUT2D eigenvalue weighted by Crippen LogP contribution is -1.98. The van der Waals surface area contributed by atoms with Gasteiger partial charge in [-0.05, 0) is 54.4 Å². The zero-order valence-corrected chi connectivity index (χ0v) is 13.0. The molecule has 0 aromatic carbocycles. The van der Waals surface area contributed by atoms with Gasteiger partial charge in [-0.25, -0.2) is 9.97 Å². The maximum absolute atomic E-state index is 4.48. The molecule has 0 spiro atoms. The number of aromatic nitrogens is 3. The van der Waals surface area contributed by atoms with Crippen molar-refractivity contribution in [2.75, 3.05) is 0 Å². The predicted octanol–water partition coefficient (Wildman–Crippen LogP) is 3.85. The van der Waals surface area contributed by atoms with Crippen LogP contribution in [0.15, 0.2) is 28.0 Å². The van der Waals surface area contributed by atoms with Crippen molar-refractivity contribution >= 4 is 27.7 Å². The van der Waals surface area contributed by atoms with Gasteiger partial charge < -0.3 is 0 Å². The van der Waals surface area contributed by atoms with Crippen LogP contribution < -0.4 is 0 Å². The van der Waals surface area contributed by atoms with E-state index in [0.717, 1.165) is 32.5 Å². The number of aryl methyl sites for hydroxylation is 2. The molecule has 3 nitrogen and oxygen atoms in total. The second-order valence-electron chi connectivity index (χ2n) is 4.06. The van der Waals surface area contributed by atoms with Crippen LogP contribution in [0.3, 0.4) is 0 Å². The van der Waals surface area contributed by atoms with Crippen LogP contribution in [0.1, 0.15) is 22.6 Å². The Hall–Kier alpha value is -0.940. The summed E-state index contributed by atoms with van der Waals surface area (Å²) in [7, 11) is 0. The van der Waals surface area contributed by atoms with Gasteiger partial charge in [0.2, 0.25) is 0 Å². The molecule has 18 heavy (non-hydrogen) atoms. The highest BCUT2D eigenvalue weighted by Gasteiger charge is 2.05. The van der Waals surface area contributed by atoms with Gasteiger partial charge in [0.15, 0.2) is 5.16 Å². The van der Waals surface area contributed by atoms with Crippen LogP contribution in [0.4, 0.5) is 0 Å². The quantitative estimate of drug-likeness (QED) is 0.635. The van der Waals surface area contributed by atoms with Gasteiger partial charge in [0.25, 0.3) is 0 Å². The third-order valence-corrected chi connectivity index (χ3v) is 4.10. The third-order valence-electron chi connectivity index (χ3n) is 2.75. The van der Waals surface area contributed by atoms with E-state index in [9.17, 15) is 0 Å². The number of halogens is 1. The molecular weight excluding hydrogens is 310 g/mol. The van der Waals surface area contributed by atoms with Crippen LogP contribution in [0.5, 0.6) is 0 Å². The molecule has 94 valence electrons. The second kappa shape index (κ2) is 5.80. The Morgan fingerprint density at radius 2 is 1.78 bits per heavy atom. The second-order valence-corrected chi connectivity index (χ2v) is 5.92. The Morgan fingerprint density at radius 3 is 2.33 bits per heavy atom. The molecule has 0 bridgehead atoms. The first-order valence-electron chi connectivity index (χ1n) is 5.61. The minimum Gasteiger partial charge on any atom is -0.259 e. The molecule has 0 unspecified atom stereocenters. The van der Waals surface area contributed by atoms with E-state index in [0.29, 0.717) is 0 Å². The molecule has 5 heteroatoms. The van der Waals surface area contributed by atoms with E-state index in [-0.39, 0.29) is 0 Å². The van der Waals surface area contributed by atoms with Crippen molar-refractivity contribution in [3.8, 4) is 0 Å². The van der Waals surface area contributed by atoms with Gasteiger partial charge in [-0.1, -0.05) is 11.8 Å². The van der Waals surface area contributed by atoms with E-state index in [2.05, 4.69) is 37.8 Å². The van der Waals surface area contributed by atoms with Crippen molar-refractivity contribution < 1.29 is 0 Å². The van der Waals surface area contributed by atoms with Crippen LogP contribution in [0.25, 0.3) is 0 Å². The molecular formula is C13H14BrN3S. The number of pyridine rings is 1. The summed E-state index contributed by atoms with van der Waals surface area (Å²) < 4.78 is 0.995. The first-order valence-corrected chi connectivity index (χ1v) is 7.39. The van der Waals surface area contributed by atoms with Gasteiger partial charge in [0, 0.05) is 27.8 Å². The lowest BCUT2D eigenvalue weighted by Gasteiger charge is -2.06. The maximum Gasteiger partial charge on any atom is 0.188 e. The number of hydrogen-bond acceptors (Lipinski definition) is 4. The summed E-state index contributed by atoms with van der Waals surface area (Å²) >= 11 is 4.99. The normalized spacial score (nSPS) is 10.7. The molecule has 2 rings (SSSR count). The maximum atomic E-state index is 4.48. The molecule has 2 heterocycles. The molecule has 0 amide bonds. The number of thioether (sulfide) groups is 1. The number of hydrogen-bond donors (Lipinski definition) is 0. The largest absolute Gasteiger partial charge is 0.259 e. The molecule has 2 aromatic rings. The number of nitrogens with zero attached hydrogens (tertiary/aromatic N) is 3. The fourth-order valence-electron chi connectivity index (χ4n) is 1.44. The minimum atomic E-state index is 0.787. The van der Waals surface area contributed by atoms with Crippen LogP contribution in [0.2, 0.25) is 0 Å². The highest BCUT2D eigenvalue weighted by molar-refractivity contribution is 9.10. The van der Waals surface area contributed by atoms with E-state index in [4.69, 9.17) is 0 Å². The van der Waals surface area contributed by atoms with Crippen molar-refractivity contribution in [2.45, 2.75) is 31.7 Å². The van der Waals surface area contributed by atoms with Crippen molar-refractivity contribution in [3.05, 3.63) is 45.4 Å². The monoisotopic (exact) mass is 323 g/mol. The Bertz CT molecular complexity index is 532. The molecule has 0 N–H and O–H groups in total.